The third-order valence-electron chi connectivity index (χ3n) is 1.45. The highest BCUT2D eigenvalue weighted by Gasteiger charge is 2.26. The van der Waals surface area contributed by atoms with Crippen LogP contribution in [-0.4, -0.2) is 27.1 Å². The maximum atomic E-state index is 11.1. The normalized spacial score (nSPS) is 19.2. The zero-order valence-corrected chi connectivity index (χ0v) is 7.76. The highest BCUT2D eigenvalue weighted by Crippen LogP contribution is 2.14. The molecule has 0 saturated carbocycles. The summed E-state index contributed by atoms with van der Waals surface area (Å²) in [5, 5.41) is 1.94. The molecule has 7 heteroatoms. The van der Waals surface area contributed by atoms with Crippen LogP contribution in [0.2, 0.25) is 0 Å². The van der Waals surface area contributed by atoms with Crippen LogP contribution in [0.25, 0.3) is 0 Å². The molecule has 0 atom stereocenters. The second-order valence-electron chi connectivity index (χ2n) is 2.35. The summed E-state index contributed by atoms with van der Waals surface area (Å²) in [6.07, 6.45) is 0.954. The van der Waals surface area contributed by atoms with E-state index in [4.69, 9.17) is 5.73 Å². The SMILES string of the molecule is CCNC(=O)C1=C(N)S(=O)(=O)N=C1. The molecule has 0 unspecified atom stereocenters. The molecule has 0 aliphatic carbocycles. The van der Waals surface area contributed by atoms with Gasteiger partial charge >= 0.3 is 0 Å². The second-order valence-corrected chi connectivity index (χ2v) is 3.95. The largest absolute Gasteiger partial charge is 0.387 e. The number of sulfonamides is 1. The van der Waals surface area contributed by atoms with Crippen molar-refractivity contribution in [2.24, 2.45) is 10.1 Å². The number of nitrogens with one attached hydrogen (secondary N) is 1. The highest BCUT2D eigenvalue weighted by molar-refractivity contribution is 7.94. The van der Waals surface area contributed by atoms with Gasteiger partial charge in [-0.3, -0.25) is 4.79 Å². The lowest BCUT2D eigenvalue weighted by Gasteiger charge is -1.99. The molecule has 6 nitrogen and oxygen atoms in total. The first kappa shape index (κ1) is 9.72. The van der Waals surface area contributed by atoms with Gasteiger partial charge in [-0.2, -0.15) is 12.8 Å². The molecule has 0 aromatic rings. The van der Waals surface area contributed by atoms with Gasteiger partial charge in [0.2, 0.25) is 0 Å². The topological polar surface area (TPSA) is 102 Å². The van der Waals surface area contributed by atoms with Gasteiger partial charge in [0.15, 0.2) is 5.03 Å². The van der Waals surface area contributed by atoms with Crippen LogP contribution in [0.5, 0.6) is 0 Å². The number of hydrogen-bond donors (Lipinski definition) is 2. The summed E-state index contributed by atoms with van der Waals surface area (Å²) < 4.78 is 25.0. The quantitative estimate of drug-likeness (QED) is 0.582. The summed E-state index contributed by atoms with van der Waals surface area (Å²) in [6, 6.07) is 0. The van der Waals surface area contributed by atoms with Crippen LogP contribution in [0.3, 0.4) is 0 Å². The molecule has 1 aliphatic rings. The number of nitrogens with zero attached hydrogens (tertiary/aromatic N) is 1. The molecule has 0 bridgehead atoms. The van der Waals surface area contributed by atoms with Gasteiger partial charge in [0.1, 0.15) is 0 Å². The van der Waals surface area contributed by atoms with Gasteiger partial charge in [-0.15, -0.1) is 0 Å². The molecule has 1 aliphatic heterocycles. The van der Waals surface area contributed by atoms with Crippen LogP contribution in [0.1, 0.15) is 6.92 Å². The average molecular weight is 203 g/mol. The fourth-order valence-electron chi connectivity index (χ4n) is 0.808. The number of amides is 1. The standard InChI is InChI=1S/C6H9N3O3S/c1-2-8-6(10)4-3-9-13(11,12)5(4)7/h3H,2,7H2,1H3,(H,8,10). The molecule has 3 N–H and O–H groups in total. The monoisotopic (exact) mass is 203 g/mol. The van der Waals surface area contributed by atoms with Crippen molar-refractivity contribution >= 4 is 22.1 Å². The van der Waals surface area contributed by atoms with Crippen molar-refractivity contribution in [2.75, 3.05) is 6.54 Å². The summed E-state index contributed by atoms with van der Waals surface area (Å²) in [5.41, 5.74) is 5.10. The van der Waals surface area contributed by atoms with E-state index in [0.29, 0.717) is 6.54 Å². The Bertz CT molecular complexity index is 393. The molecule has 0 fully saturated rings. The summed E-state index contributed by atoms with van der Waals surface area (Å²) in [5.74, 6) is -0.523. The van der Waals surface area contributed by atoms with Crippen LogP contribution in [0.15, 0.2) is 15.0 Å². The zero-order valence-electron chi connectivity index (χ0n) is 6.94. The van der Waals surface area contributed by atoms with Crippen LogP contribution >= 0.6 is 0 Å². The minimum atomic E-state index is -3.77. The number of carbonyl (C=O) groups is 1. The lowest BCUT2D eigenvalue weighted by atomic mass is 10.3. The maximum Gasteiger partial charge on any atom is 0.298 e. The smallest absolute Gasteiger partial charge is 0.298 e. The molecule has 0 saturated heterocycles. The predicted octanol–water partition coefficient (Wildman–Crippen LogP) is -1.29. The fraction of sp³-hybridized carbons (Fsp3) is 0.333. The van der Waals surface area contributed by atoms with Crippen molar-refractivity contribution in [3.63, 3.8) is 0 Å². The van der Waals surface area contributed by atoms with E-state index < -0.39 is 21.0 Å². The minimum Gasteiger partial charge on any atom is -0.387 e. The van der Waals surface area contributed by atoms with Gasteiger partial charge in [-0.05, 0) is 6.92 Å². The third kappa shape index (κ3) is 1.69. The van der Waals surface area contributed by atoms with E-state index in [1.165, 1.54) is 0 Å². The van der Waals surface area contributed by atoms with Crippen molar-refractivity contribution in [2.45, 2.75) is 6.92 Å². The first-order chi connectivity index (χ1) is 5.99. The van der Waals surface area contributed by atoms with Crippen LogP contribution in [-0.2, 0) is 14.8 Å². The Morgan fingerprint density at radius 1 is 1.69 bits per heavy atom. The molecule has 0 aromatic heterocycles. The van der Waals surface area contributed by atoms with Gasteiger partial charge in [0, 0.05) is 6.54 Å². The van der Waals surface area contributed by atoms with E-state index in [1.54, 1.807) is 6.92 Å². The molecule has 1 amide bonds. The number of rotatable bonds is 2. The average Bonchev–Trinajstić information content (AvgIpc) is 2.28. The molecule has 72 valence electrons. The molecular weight excluding hydrogens is 194 g/mol. The third-order valence-corrected chi connectivity index (χ3v) is 2.60. The zero-order chi connectivity index (χ0) is 10.1. The Hall–Kier alpha value is -1.37. The van der Waals surface area contributed by atoms with Crippen LogP contribution in [0.4, 0.5) is 0 Å². The molecule has 1 rings (SSSR count). The molecule has 1 heterocycles. The molecular formula is C6H9N3O3S. The van der Waals surface area contributed by atoms with Crippen molar-refractivity contribution in [3.8, 4) is 0 Å². The predicted molar refractivity (Wildman–Crippen MR) is 47.3 cm³/mol. The Morgan fingerprint density at radius 2 is 2.31 bits per heavy atom. The lowest BCUT2D eigenvalue weighted by Crippen LogP contribution is -2.26. The highest BCUT2D eigenvalue weighted by atomic mass is 32.2. The first-order valence-corrected chi connectivity index (χ1v) is 5.01. The first-order valence-electron chi connectivity index (χ1n) is 3.57. The lowest BCUT2D eigenvalue weighted by molar-refractivity contribution is -0.116. The van der Waals surface area contributed by atoms with Gasteiger partial charge in [0.05, 0.1) is 11.8 Å². The van der Waals surface area contributed by atoms with E-state index in [9.17, 15) is 13.2 Å². The number of nitrogens with two attached hydrogens (primary N) is 1. The fourth-order valence-corrected chi connectivity index (χ4v) is 1.59. The van der Waals surface area contributed by atoms with E-state index in [0.717, 1.165) is 6.21 Å². The summed E-state index contributed by atoms with van der Waals surface area (Å²) in [4.78, 5) is 11.1. The van der Waals surface area contributed by atoms with E-state index in [2.05, 4.69) is 9.71 Å². The number of likely N-dealkylation sites (N-methyl/N-ethyl adjacent to an activating group) is 1. The van der Waals surface area contributed by atoms with Gasteiger partial charge in [-0.25, -0.2) is 0 Å². The Balaban J connectivity index is 3.03. The van der Waals surface area contributed by atoms with E-state index in [1.807, 2.05) is 0 Å². The molecule has 13 heavy (non-hydrogen) atoms. The van der Waals surface area contributed by atoms with Crippen LogP contribution in [0, 0.1) is 0 Å². The van der Waals surface area contributed by atoms with Gasteiger partial charge in [-0.1, -0.05) is 0 Å². The second kappa shape index (κ2) is 3.17. The van der Waals surface area contributed by atoms with Crippen LogP contribution < -0.4 is 11.1 Å². The molecule has 0 aromatic carbocycles. The summed E-state index contributed by atoms with van der Waals surface area (Å²) in [6.45, 7) is 2.12. The van der Waals surface area contributed by atoms with E-state index >= 15 is 0 Å². The molecule has 0 spiro atoms. The Labute approximate surface area is 75.6 Å². The number of hydrogen-bond acceptors (Lipinski definition) is 4. The Morgan fingerprint density at radius 3 is 2.69 bits per heavy atom. The Kier molecular flexibility index (Phi) is 2.37. The summed E-state index contributed by atoms with van der Waals surface area (Å²) in [7, 11) is -3.77. The van der Waals surface area contributed by atoms with Gasteiger partial charge < -0.3 is 11.1 Å². The summed E-state index contributed by atoms with van der Waals surface area (Å²) >= 11 is 0. The van der Waals surface area contributed by atoms with Crippen molar-refractivity contribution < 1.29 is 13.2 Å². The minimum absolute atomic E-state index is 0.0955. The maximum absolute atomic E-state index is 11.1. The van der Waals surface area contributed by atoms with Crippen molar-refractivity contribution in [3.05, 3.63) is 10.6 Å². The van der Waals surface area contributed by atoms with Crippen molar-refractivity contribution in [1.29, 1.82) is 0 Å². The molecule has 0 radical (unpaired) electrons. The van der Waals surface area contributed by atoms with Gasteiger partial charge in [0.25, 0.3) is 15.9 Å². The van der Waals surface area contributed by atoms with Crippen molar-refractivity contribution in [1.82, 2.24) is 5.32 Å². The number of carbonyl (C=O) groups excluding carboxylic acids is 1. The van der Waals surface area contributed by atoms with E-state index in [-0.39, 0.29) is 5.57 Å².